The molecule has 11 heteroatoms. The van der Waals surface area contributed by atoms with Crippen molar-refractivity contribution in [3.05, 3.63) is 65.9 Å². The third-order valence-electron chi connectivity index (χ3n) is 5.76. The van der Waals surface area contributed by atoms with Crippen molar-refractivity contribution in [1.29, 1.82) is 0 Å². The van der Waals surface area contributed by atoms with Crippen molar-refractivity contribution in [3.63, 3.8) is 0 Å². The summed E-state index contributed by atoms with van der Waals surface area (Å²) in [5, 5.41) is 4.06. The highest BCUT2D eigenvalue weighted by Gasteiger charge is 2.34. The van der Waals surface area contributed by atoms with Crippen molar-refractivity contribution in [1.82, 2.24) is 29.0 Å². The smallest absolute Gasteiger partial charge is 0.258 e. The molecule has 0 unspecified atom stereocenters. The normalized spacial score (nSPS) is 13.7. The van der Waals surface area contributed by atoms with Gasteiger partial charge in [0.2, 0.25) is 5.78 Å². The zero-order valence-electron chi connectivity index (χ0n) is 18.9. The number of hydrogen-bond acceptors (Lipinski definition) is 6. The number of carbonyl (C=O) groups excluding carboxylic acids is 2. The number of likely N-dealkylation sites (tertiary alicyclic amines) is 1. The molecule has 9 nitrogen and oxygen atoms in total. The molecule has 0 atom stereocenters. The number of halogens is 2. The summed E-state index contributed by atoms with van der Waals surface area (Å²) in [5.41, 5.74) is 2.22. The summed E-state index contributed by atoms with van der Waals surface area (Å²) in [6.07, 6.45) is 3.80. The SMILES string of the molecule is Cn1ncc(C(=O)N2CC(F)C2)c1C(=O)Cc1ccn2cc(-c3cccc(OCCF)c3)nc2n1. The molecular weight excluding hydrogens is 458 g/mol. The maximum Gasteiger partial charge on any atom is 0.258 e. The van der Waals surface area contributed by atoms with Crippen molar-refractivity contribution in [2.75, 3.05) is 26.4 Å². The zero-order chi connectivity index (χ0) is 24.5. The number of aromatic nitrogens is 5. The molecule has 0 saturated carbocycles. The first-order chi connectivity index (χ1) is 16.9. The lowest BCUT2D eigenvalue weighted by Gasteiger charge is -2.34. The Morgan fingerprint density at radius 2 is 2.03 bits per heavy atom. The van der Waals surface area contributed by atoms with E-state index in [0.29, 0.717) is 22.9 Å². The van der Waals surface area contributed by atoms with Gasteiger partial charge in [0.1, 0.15) is 30.9 Å². The molecule has 4 aromatic rings. The lowest BCUT2D eigenvalue weighted by Crippen LogP contribution is -2.51. The number of aryl methyl sites for hydroxylation is 1. The van der Waals surface area contributed by atoms with E-state index in [1.807, 2.05) is 6.07 Å². The largest absolute Gasteiger partial charge is 0.491 e. The maximum atomic E-state index is 13.2. The second kappa shape index (κ2) is 9.24. The van der Waals surface area contributed by atoms with E-state index in [-0.39, 0.29) is 43.2 Å². The van der Waals surface area contributed by atoms with Gasteiger partial charge in [0.25, 0.3) is 5.91 Å². The topological polar surface area (TPSA) is 94.6 Å². The van der Waals surface area contributed by atoms with Crippen LogP contribution in [0.3, 0.4) is 0 Å². The Balaban J connectivity index is 1.36. The van der Waals surface area contributed by atoms with Crippen LogP contribution in [0, 0.1) is 0 Å². The van der Waals surface area contributed by atoms with E-state index in [4.69, 9.17) is 4.74 Å². The second-order valence-electron chi connectivity index (χ2n) is 8.26. The number of ether oxygens (including phenoxy) is 1. The van der Waals surface area contributed by atoms with Gasteiger partial charge in [-0.15, -0.1) is 0 Å². The number of alkyl halides is 2. The molecule has 0 radical (unpaired) electrons. The third kappa shape index (κ3) is 4.48. The fraction of sp³-hybridized carbons (Fsp3) is 0.292. The maximum absolute atomic E-state index is 13.2. The molecule has 35 heavy (non-hydrogen) atoms. The molecule has 5 rings (SSSR count). The highest BCUT2D eigenvalue weighted by molar-refractivity contribution is 6.07. The molecule has 0 N–H and O–H groups in total. The molecule has 1 fully saturated rings. The molecule has 1 saturated heterocycles. The molecule has 0 bridgehead atoms. The number of hydrogen-bond donors (Lipinski definition) is 0. The van der Waals surface area contributed by atoms with Gasteiger partial charge in [0, 0.05) is 25.0 Å². The standard InChI is InChI=1S/C24H22F2N6O3/c1-30-22(19(11-27-30)23(34)32-12-16(26)13-32)21(33)10-17-5-7-31-14-20(29-24(31)28-17)15-3-2-4-18(9-15)35-8-6-25/h2-5,7,9,11,14,16H,6,8,10,12-13H2,1H3. The fourth-order valence-electron chi connectivity index (χ4n) is 3.98. The van der Waals surface area contributed by atoms with Gasteiger partial charge in [-0.25, -0.2) is 18.7 Å². The van der Waals surface area contributed by atoms with Gasteiger partial charge < -0.3 is 9.64 Å². The van der Waals surface area contributed by atoms with Gasteiger partial charge in [-0.3, -0.25) is 18.7 Å². The predicted molar refractivity (Wildman–Crippen MR) is 122 cm³/mol. The summed E-state index contributed by atoms with van der Waals surface area (Å²) in [6, 6.07) is 8.88. The summed E-state index contributed by atoms with van der Waals surface area (Å²) in [6.45, 7) is -0.555. The quantitative estimate of drug-likeness (QED) is 0.360. The van der Waals surface area contributed by atoms with E-state index in [0.717, 1.165) is 5.56 Å². The van der Waals surface area contributed by atoms with Crippen LogP contribution in [0.1, 0.15) is 26.5 Å². The Hall–Kier alpha value is -4.15. The van der Waals surface area contributed by atoms with Gasteiger partial charge in [0.15, 0.2) is 5.78 Å². The van der Waals surface area contributed by atoms with Gasteiger partial charge >= 0.3 is 0 Å². The van der Waals surface area contributed by atoms with Crippen molar-refractivity contribution >= 4 is 17.5 Å². The van der Waals surface area contributed by atoms with Crippen molar-refractivity contribution < 1.29 is 23.1 Å². The van der Waals surface area contributed by atoms with E-state index < -0.39 is 18.8 Å². The highest BCUT2D eigenvalue weighted by atomic mass is 19.1. The lowest BCUT2D eigenvalue weighted by molar-refractivity contribution is 0.0398. The third-order valence-corrected chi connectivity index (χ3v) is 5.76. The monoisotopic (exact) mass is 480 g/mol. The molecular formula is C24H22F2N6O3. The van der Waals surface area contributed by atoms with Crippen LogP contribution in [0.25, 0.3) is 17.0 Å². The summed E-state index contributed by atoms with van der Waals surface area (Å²) < 4.78 is 34.0. The number of rotatable bonds is 8. The second-order valence-corrected chi connectivity index (χ2v) is 8.26. The number of carbonyl (C=O) groups is 2. The Bertz CT molecular complexity index is 1410. The minimum absolute atomic E-state index is 0.0205. The van der Waals surface area contributed by atoms with Crippen molar-refractivity contribution in [3.8, 4) is 17.0 Å². The summed E-state index contributed by atoms with van der Waals surface area (Å²) in [5.74, 6) is 0.205. The summed E-state index contributed by atoms with van der Waals surface area (Å²) in [4.78, 5) is 36.1. The first-order valence-electron chi connectivity index (χ1n) is 11.1. The first-order valence-corrected chi connectivity index (χ1v) is 11.1. The van der Waals surface area contributed by atoms with Gasteiger partial charge in [-0.2, -0.15) is 5.10 Å². The van der Waals surface area contributed by atoms with Crippen LogP contribution >= 0.6 is 0 Å². The molecule has 3 aromatic heterocycles. The van der Waals surface area contributed by atoms with Crippen LogP contribution in [-0.4, -0.2) is 73.3 Å². The van der Waals surface area contributed by atoms with E-state index in [9.17, 15) is 18.4 Å². The van der Waals surface area contributed by atoms with E-state index in [2.05, 4.69) is 15.1 Å². The van der Waals surface area contributed by atoms with Gasteiger partial charge in [-0.1, -0.05) is 12.1 Å². The minimum Gasteiger partial charge on any atom is -0.491 e. The molecule has 180 valence electrons. The zero-order valence-corrected chi connectivity index (χ0v) is 18.9. The van der Waals surface area contributed by atoms with Crippen molar-refractivity contribution in [2.24, 2.45) is 7.05 Å². The molecule has 1 aliphatic rings. The number of benzene rings is 1. The molecule has 1 aliphatic heterocycles. The molecule has 0 aliphatic carbocycles. The summed E-state index contributed by atoms with van der Waals surface area (Å²) in [7, 11) is 1.58. The van der Waals surface area contributed by atoms with Crippen molar-refractivity contribution in [2.45, 2.75) is 12.6 Å². The van der Waals surface area contributed by atoms with E-state index in [1.165, 1.54) is 15.8 Å². The Kier molecular flexibility index (Phi) is 5.98. The fourth-order valence-corrected chi connectivity index (χ4v) is 3.98. The van der Waals surface area contributed by atoms with Gasteiger partial charge in [0.05, 0.1) is 42.7 Å². The Morgan fingerprint density at radius 3 is 2.80 bits per heavy atom. The number of Topliss-reactive ketones (excluding diaryl/α,β-unsaturated/α-hetero) is 1. The van der Waals surface area contributed by atoms with Gasteiger partial charge in [-0.05, 0) is 18.2 Å². The Labute approximate surface area is 199 Å². The van der Waals surface area contributed by atoms with Crippen LogP contribution in [-0.2, 0) is 13.5 Å². The number of fused-ring (bicyclic) bond motifs is 1. The number of imidazole rings is 1. The lowest BCUT2D eigenvalue weighted by atomic mass is 10.1. The van der Waals surface area contributed by atoms with E-state index >= 15 is 0 Å². The van der Waals surface area contributed by atoms with Crippen LogP contribution in [0.2, 0.25) is 0 Å². The predicted octanol–water partition coefficient (Wildman–Crippen LogP) is 2.70. The molecule has 0 spiro atoms. The van der Waals surface area contributed by atoms with Crippen LogP contribution in [0.4, 0.5) is 8.78 Å². The number of amides is 1. The first kappa shape index (κ1) is 22.6. The van der Waals surface area contributed by atoms with Crippen LogP contribution in [0.15, 0.2) is 48.9 Å². The van der Waals surface area contributed by atoms with E-state index in [1.54, 1.807) is 48.1 Å². The number of nitrogens with zero attached hydrogens (tertiary/aromatic N) is 6. The molecule has 4 heterocycles. The number of ketones is 1. The summed E-state index contributed by atoms with van der Waals surface area (Å²) >= 11 is 0. The van der Waals surface area contributed by atoms with Crippen LogP contribution < -0.4 is 4.74 Å². The van der Waals surface area contributed by atoms with Crippen LogP contribution in [0.5, 0.6) is 5.75 Å². The average molecular weight is 480 g/mol. The molecule has 1 aromatic carbocycles. The highest BCUT2D eigenvalue weighted by Crippen LogP contribution is 2.24. The Morgan fingerprint density at radius 1 is 1.20 bits per heavy atom. The minimum atomic E-state index is -1.03. The average Bonchev–Trinajstić information content (AvgIpc) is 3.43. The molecule has 1 amide bonds.